The van der Waals surface area contributed by atoms with Crippen LogP contribution in [0.4, 0.5) is 0 Å². The number of fused-ring (bicyclic) bond motifs is 4. The van der Waals surface area contributed by atoms with Crippen LogP contribution in [0.3, 0.4) is 0 Å². The average Bonchev–Trinajstić information content (AvgIpc) is 3.42. The first-order chi connectivity index (χ1) is 13.2. The van der Waals surface area contributed by atoms with E-state index < -0.39 is 0 Å². The second-order valence-corrected chi connectivity index (χ2v) is 12.9. The Morgan fingerprint density at radius 1 is 0.667 bits per heavy atom. The zero-order valence-electron chi connectivity index (χ0n) is 17.6. The molecular weight excluding hydrogens is 326 g/mol. The van der Waals surface area contributed by atoms with Crippen LogP contribution in [0, 0.1) is 59.2 Å². The van der Waals surface area contributed by atoms with Crippen LogP contribution in [-0.4, -0.2) is 24.0 Å². The standard InChI is InChI=1S/C26H41N/c1-27(15-23-9-16-2-4-20(23)7-16)26-13-18-6-19(14-26)11-22(10-18)25(26)24-12-17-3-5-21(24)8-17/h16-25H,2-15H2,1H3. The molecule has 27 heavy (non-hydrogen) atoms. The predicted octanol–water partition coefficient (Wildman–Crippen LogP) is 5.99. The lowest BCUT2D eigenvalue weighted by Gasteiger charge is -2.66. The molecule has 8 rings (SSSR count). The van der Waals surface area contributed by atoms with Crippen molar-refractivity contribution in [1.29, 1.82) is 0 Å². The molecule has 0 heterocycles. The molecule has 0 radical (unpaired) electrons. The van der Waals surface area contributed by atoms with Crippen molar-refractivity contribution < 1.29 is 0 Å². The molecule has 8 aliphatic rings. The van der Waals surface area contributed by atoms with E-state index in [1.54, 1.807) is 83.5 Å². The van der Waals surface area contributed by atoms with Gasteiger partial charge in [-0.3, -0.25) is 0 Å². The topological polar surface area (TPSA) is 3.24 Å². The Balaban J connectivity index is 1.20. The molecule has 0 aliphatic heterocycles. The van der Waals surface area contributed by atoms with Gasteiger partial charge in [0.25, 0.3) is 0 Å². The van der Waals surface area contributed by atoms with Gasteiger partial charge in [0.1, 0.15) is 0 Å². The van der Waals surface area contributed by atoms with Crippen LogP contribution < -0.4 is 0 Å². The summed E-state index contributed by atoms with van der Waals surface area (Å²) in [5, 5.41) is 0. The zero-order valence-corrected chi connectivity index (χ0v) is 17.6. The van der Waals surface area contributed by atoms with Gasteiger partial charge in [-0.25, -0.2) is 0 Å². The van der Waals surface area contributed by atoms with E-state index in [9.17, 15) is 0 Å². The van der Waals surface area contributed by atoms with E-state index in [4.69, 9.17) is 0 Å². The first kappa shape index (κ1) is 16.7. The monoisotopic (exact) mass is 367 g/mol. The van der Waals surface area contributed by atoms with Crippen LogP contribution in [0.1, 0.15) is 83.5 Å². The summed E-state index contributed by atoms with van der Waals surface area (Å²) < 4.78 is 0. The summed E-state index contributed by atoms with van der Waals surface area (Å²) in [6.45, 7) is 1.46. The van der Waals surface area contributed by atoms with Crippen LogP contribution in [0.15, 0.2) is 0 Å². The van der Waals surface area contributed by atoms with Gasteiger partial charge in [0.2, 0.25) is 0 Å². The highest BCUT2D eigenvalue weighted by atomic mass is 15.2. The van der Waals surface area contributed by atoms with Gasteiger partial charge in [0.05, 0.1) is 0 Å². The fourth-order valence-corrected chi connectivity index (χ4v) is 11.2. The third-order valence-electron chi connectivity index (χ3n) is 11.8. The fraction of sp³-hybridized carbons (Fsp3) is 1.00. The zero-order chi connectivity index (χ0) is 17.8. The summed E-state index contributed by atoms with van der Waals surface area (Å²) in [5.41, 5.74) is 0.631. The van der Waals surface area contributed by atoms with E-state index in [1.165, 1.54) is 6.54 Å². The SMILES string of the molecule is CN(CC1CC2CCC1C2)C12CC3CC(CC(C3)C1C1CC3CCC1C3)C2. The lowest BCUT2D eigenvalue weighted by atomic mass is 9.44. The third-order valence-corrected chi connectivity index (χ3v) is 11.8. The van der Waals surface area contributed by atoms with Crippen LogP contribution in [-0.2, 0) is 0 Å². The maximum Gasteiger partial charge on any atom is 0.0245 e. The number of hydrogen-bond acceptors (Lipinski definition) is 1. The van der Waals surface area contributed by atoms with E-state index in [-0.39, 0.29) is 0 Å². The molecule has 0 aromatic carbocycles. The van der Waals surface area contributed by atoms with E-state index in [2.05, 4.69) is 11.9 Å². The van der Waals surface area contributed by atoms with Gasteiger partial charge in [-0.2, -0.15) is 0 Å². The van der Waals surface area contributed by atoms with E-state index in [0.29, 0.717) is 5.54 Å². The summed E-state index contributed by atoms with van der Waals surface area (Å²) in [5.74, 6) is 11.1. The van der Waals surface area contributed by atoms with Crippen molar-refractivity contribution in [2.45, 2.75) is 89.0 Å². The Hall–Kier alpha value is -0.0400. The molecule has 8 saturated carbocycles. The molecule has 0 N–H and O–H groups in total. The van der Waals surface area contributed by atoms with Crippen molar-refractivity contribution in [3.63, 3.8) is 0 Å². The van der Waals surface area contributed by atoms with E-state index in [0.717, 1.165) is 59.2 Å². The predicted molar refractivity (Wildman–Crippen MR) is 110 cm³/mol. The molecule has 0 amide bonds. The Labute approximate surface area is 167 Å². The van der Waals surface area contributed by atoms with Crippen molar-refractivity contribution in [1.82, 2.24) is 4.90 Å². The van der Waals surface area contributed by atoms with Crippen molar-refractivity contribution >= 4 is 0 Å². The number of hydrogen-bond donors (Lipinski definition) is 0. The van der Waals surface area contributed by atoms with E-state index >= 15 is 0 Å². The summed E-state index contributed by atoms with van der Waals surface area (Å²) >= 11 is 0. The molecule has 9 atom stereocenters. The average molecular weight is 368 g/mol. The Bertz CT molecular complexity index is 597. The highest BCUT2D eigenvalue weighted by molar-refractivity contribution is 5.15. The smallest absolute Gasteiger partial charge is 0.0245 e. The van der Waals surface area contributed by atoms with Crippen molar-refractivity contribution in [2.75, 3.05) is 13.6 Å². The Kier molecular flexibility index (Phi) is 3.57. The van der Waals surface area contributed by atoms with Crippen LogP contribution in [0.2, 0.25) is 0 Å². The second kappa shape index (κ2) is 5.77. The minimum absolute atomic E-state index is 0.631. The minimum Gasteiger partial charge on any atom is -0.300 e. The van der Waals surface area contributed by atoms with E-state index in [1.807, 2.05) is 0 Å². The van der Waals surface area contributed by atoms with Crippen LogP contribution in [0.25, 0.3) is 0 Å². The molecule has 1 nitrogen and oxygen atoms in total. The normalized spacial score (nSPS) is 60.2. The van der Waals surface area contributed by atoms with Gasteiger partial charge in [0, 0.05) is 12.1 Å². The van der Waals surface area contributed by atoms with Gasteiger partial charge >= 0.3 is 0 Å². The molecule has 9 unspecified atom stereocenters. The van der Waals surface area contributed by atoms with Gasteiger partial charge in [-0.1, -0.05) is 12.8 Å². The summed E-state index contributed by atoms with van der Waals surface area (Å²) in [4.78, 5) is 3.06. The second-order valence-electron chi connectivity index (χ2n) is 12.9. The summed E-state index contributed by atoms with van der Waals surface area (Å²) in [6.07, 6.45) is 20.8. The van der Waals surface area contributed by atoms with Gasteiger partial charge < -0.3 is 4.90 Å². The largest absolute Gasteiger partial charge is 0.300 e. The van der Waals surface area contributed by atoms with Crippen LogP contribution in [0.5, 0.6) is 0 Å². The maximum absolute atomic E-state index is 3.06. The summed E-state index contributed by atoms with van der Waals surface area (Å²) in [7, 11) is 2.61. The molecule has 8 aliphatic carbocycles. The molecule has 8 fully saturated rings. The Morgan fingerprint density at radius 3 is 1.93 bits per heavy atom. The quantitative estimate of drug-likeness (QED) is 0.590. The summed E-state index contributed by atoms with van der Waals surface area (Å²) in [6, 6.07) is 0. The van der Waals surface area contributed by atoms with Crippen LogP contribution >= 0.6 is 0 Å². The molecule has 150 valence electrons. The van der Waals surface area contributed by atoms with Crippen molar-refractivity contribution in [3.8, 4) is 0 Å². The minimum atomic E-state index is 0.631. The van der Waals surface area contributed by atoms with Crippen molar-refractivity contribution in [3.05, 3.63) is 0 Å². The van der Waals surface area contributed by atoms with Crippen molar-refractivity contribution in [2.24, 2.45) is 59.2 Å². The van der Waals surface area contributed by atoms with Gasteiger partial charge in [0.15, 0.2) is 0 Å². The van der Waals surface area contributed by atoms with Gasteiger partial charge in [-0.05, 0) is 137 Å². The molecular formula is C26H41N. The highest BCUT2D eigenvalue weighted by Gasteiger charge is 2.62. The molecule has 0 aromatic heterocycles. The molecule has 1 heteroatoms. The Morgan fingerprint density at radius 2 is 1.33 bits per heavy atom. The lowest BCUT2D eigenvalue weighted by molar-refractivity contribution is -0.157. The fourth-order valence-electron chi connectivity index (χ4n) is 11.2. The molecule has 0 saturated heterocycles. The maximum atomic E-state index is 3.06. The molecule has 0 spiro atoms. The third kappa shape index (κ3) is 2.33. The lowest BCUT2D eigenvalue weighted by Crippen LogP contribution is -2.67. The number of rotatable bonds is 4. The first-order valence-corrected chi connectivity index (χ1v) is 12.9. The molecule has 8 bridgehead atoms. The van der Waals surface area contributed by atoms with Gasteiger partial charge in [-0.15, -0.1) is 0 Å². The number of nitrogens with zero attached hydrogens (tertiary/aromatic N) is 1. The first-order valence-electron chi connectivity index (χ1n) is 12.9. The highest BCUT2D eigenvalue weighted by Crippen LogP contribution is 2.66. The molecule has 0 aromatic rings.